The SMILES string of the molecule is CCN(c1cccc(C)c1)C(CN)c1ccc(F)cc1C. The van der Waals surface area contributed by atoms with Crippen LogP contribution < -0.4 is 10.6 Å². The maximum atomic E-state index is 13.3. The summed E-state index contributed by atoms with van der Waals surface area (Å²) in [6, 6.07) is 13.4. The van der Waals surface area contributed by atoms with Crippen LogP contribution in [0.5, 0.6) is 0 Å². The summed E-state index contributed by atoms with van der Waals surface area (Å²) in [7, 11) is 0. The minimum absolute atomic E-state index is 0.0531. The smallest absolute Gasteiger partial charge is 0.123 e. The van der Waals surface area contributed by atoms with Gasteiger partial charge in [0.1, 0.15) is 5.82 Å². The maximum Gasteiger partial charge on any atom is 0.123 e. The maximum absolute atomic E-state index is 13.3. The van der Waals surface area contributed by atoms with E-state index in [2.05, 4.69) is 43.0 Å². The molecule has 2 aromatic rings. The van der Waals surface area contributed by atoms with Crippen LogP contribution in [0.25, 0.3) is 0 Å². The molecule has 0 amide bonds. The molecule has 1 unspecified atom stereocenters. The zero-order valence-electron chi connectivity index (χ0n) is 12.9. The van der Waals surface area contributed by atoms with Gasteiger partial charge in [-0.15, -0.1) is 0 Å². The van der Waals surface area contributed by atoms with Crippen LogP contribution >= 0.6 is 0 Å². The largest absolute Gasteiger partial charge is 0.363 e. The molecule has 3 heteroatoms. The number of hydrogen-bond acceptors (Lipinski definition) is 2. The molecular formula is C18H23FN2. The monoisotopic (exact) mass is 286 g/mol. The van der Waals surface area contributed by atoms with Gasteiger partial charge in [0.25, 0.3) is 0 Å². The van der Waals surface area contributed by atoms with Gasteiger partial charge in [0.15, 0.2) is 0 Å². The molecule has 0 saturated heterocycles. The molecule has 0 aliphatic rings. The molecule has 21 heavy (non-hydrogen) atoms. The van der Waals surface area contributed by atoms with Gasteiger partial charge in [-0.2, -0.15) is 0 Å². The van der Waals surface area contributed by atoms with Crippen molar-refractivity contribution in [1.29, 1.82) is 0 Å². The van der Waals surface area contributed by atoms with Crippen LogP contribution in [-0.4, -0.2) is 13.1 Å². The Kier molecular flexibility index (Phi) is 4.97. The lowest BCUT2D eigenvalue weighted by Crippen LogP contribution is -2.34. The molecule has 112 valence electrons. The van der Waals surface area contributed by atoms with Gasteiger partial charge in [0.2, 0.25) is 0 Å². The molecular weight excluding hydrogens is 263 g/mol. The molecule has 2 aromatic carbocycles. The first-order valence-electron chi connectivity index (χ1n) is 7.36. The second kappa shape index (κ2) is 6.72. The van der Waals surface area contributed by atoms with Crippen LogP contribution in [0.2, 0.25) is 0 Å². The van der Waals surface area contributed by atoms with E-state index in [-0.39, 0.29) is 11.9 Å². The lowest BCUT2D eigenvalue weighted by molar-refractivity contribution is 0.614. The summed E-state index contributed by atoms with van der Waals surface area (Å²) in [5, 5.41) is 0. The number of anilines is 1. The average Bonchev–Trinajstić information content (AvgIpc) is 2.45. The summed E-state index contributed by atoms with van der Waals surface area (Å²) in [5.74, 6) is -0.203. The van der Waals surface area contributed by atoms with E-state index in [9.17, 15) is 4.39 Å². The molecule has 0 fully saturated rings. The van der Waals surface area contributed by atoms with Gasteiger partial charge in [-0.05, 0) is 61.7 Å². The normalized spacial score (nSPS) is 12.2. The molecule has 0 aliphatic heterocycles. The number of aryl methyl sites for hydroxylation is 2. The number of likely N-dealkylation sites (N-methyl/N-ethyl adjacent to an activating group) is 1. The third-order valence-electron chi connectivity index (χ3n) is 3.86. The Morgan fingerprint density at radius 3 is 2.48 bits per heavy atom. The van der Waals surface area contributed by atoms with Gasteiger partial charge in [-0.1, -0.05) is 18.2 Å². The average molecular weight is 286 g/mol. The van der Waals surface area contributed by atoms with Crippen molar-refractivity contribution in [3.63, 3.8) is 0 Å². The van der Waals surface area contributed by atoms with Gasteiger partial charge in [0, 0.05) is 18.8 Å². The van der Waals surface area contributed by atoms with Crippen LogP contribution in [0.1, 0.15) is 29.7 Å². The van der Waals surface area contributed by atoms with E-state index in [0.717, 1.165) is 23.4 Å². The standard InChI is InChI=1S/C18H23FN2/c1-4-21(16-7-5-6-13(2)10-16)18(12-20)17-9-8-15(19)11-14(17)3/h5-11,18H,4,12,20H2,1-3H3. The Labute approximate surface area is 126 Å². The molecule has 0 saturated carbocycles. The number of halogens is 1. The van der Waals surface area contributed by atoms with E-state index >= 15 is 0 Å². The zero-order valence-corrected chi connectivity index (χ0v) is 12.9. The molecule has 1 atom stereocenters. The van der Waals surface area contributed by atoms with E-state index in [4.69, 9.17) is 5.73 Å². The van der Waals surface area contributed by atoms with E-state index in [1.807, 2.05) is 13.0 Å². The Morgan fingerprint density at radius 1 is 1.14 bits per heavy atom. The summed E-state index contributed by atoms with van der Waals surface area (Å²) in [5.41, 5.74) is 10.4. The van der Waals surface area contributed by atoms with Gasteiger partial charge >= 0.3 is 0 Å². The number of rotatable bonds is 5. The molecule has 0 spiro atoms. The number of nitrogens with two attached hydrogens (primary N) is 1. The van der Waals surface area contributed by atoms with E-state index in [0.29, 0.717) is 6.54 Å². The van der Waals surface area contributed by atoms with Gasteiger partial charge in [-0.3, -0.25) is 0 Å². The topological polar surface area (TPSA) is 29.3 Å². The fourth-order valence-electron chi connectivity index (χ4n) is 2.82. The van der Waals surface area contributed by atoms with Crippen LogP contribution in [0.3, 0.4) is 0 Å². The van der Waals surface area contributed by atoms with Crippen LogP contribution in [0.4, 0.5) is 10.1 Å². The van der Waals surface area contributed by atoms with Crippen molar-refractivity contribution >= 4 is 5.69 Å². The molecule has 0 aliphatic carbocycles. The predicted molar refractivity (Wildman–Crippen MR) is 87.1 cm³/mol. The minimum Gasteiger partial charge on any atom is -0.363 e. The molecule has 0 radical (unpaired) electrons. The molecule has 0 bridgehead atoms. The molecule has 2 N–H and O–H groups in total. The van der Waals surface area contributed by atoms with Crippen molar-refractivity contribution in [1.82, 2.24) is 0 Å². The molecule has 0 aromatic heterocycles. The summed E-state index contributed by atoms with van der Waals surface area (Å²) in [6.45, 7) is 7.48. The van der Waals surface area contributed by atoms with Crippen LogP contribution in [0, 0.1) is 19.7 Å². The lowest BCUT2D eigenvalue weighted by atomic mass is 9.99. The Morgan fingerprint density at radius 2 is 1.90 bits per heavy atom. The predicted octanol–water partition coefficient (Wildman–Crippen LogP) is 3.97. The Balaban J connectivity index is 2.42. The first-order valence-corrected chi connectivity index (χ1v) is 7.36. The number of benzene rings is 2. The van der Waals surface area contributed by atoms with Crippen molar-refractivity contribution in [2.75, 3.05) is 18.0 Å². The fourth-order valence-corrected chi connectivity index (χ4v) is 2.82. The highest BCUT2D eigenvalue weighted by atomic mass is 19.1. The lowest BCUT2D eigenvalue weighted by Gasteiger charge is -2.33. The Hall–Kier alpha value is -1.87. The first-order chi connectivity index (χ1) is 10.1. The summed E-state index contributed by atoms with van der Waals surface area (Å²) < 4.78 is 13.3. The molecule has 2 rings (SSSR count). The third-order valence-corrected chi connectivity index (χ3v) is 3.86. The molecule has 0 heterocycles. The van der Waals surface area contributed by atoms with Crippen molar-refractivity contribution < 1.29 is 4.39 Å². The highest BCUT2D eigenvalue weighted by Crippen LogP contribution is 2.29. The van der Waals surface area contributed by atoms with Crippen molar-refractivity contribution in [2.45, 2.75) is 26.8 Å². The summed E-state index contributed by atoms with van der Waals surface area (Å²) in [6.07, 6.45) is 0. The van der Waals surface area contributed by atoms with E-state index < -0.39 is 0 Å². The van der Waals surface area contributed by atoms with Crippen LogP contribution in [-0.2, 0) is 0 Å². The van der Waals surface area contributed by atoms with Crippen molar-refractivity contribution in [3.8, 4) is 0 Å². The van der Waals surface area contributed by atoms with Gasteiger partial charge in [-0.25, -0.2) is 4.39 Å². The number of hydrogen-bond donors (Lipinski definition) is 1. The zero-order chi connectivity index (χ0) is 15.4. The highest BCUT2D eigenvalue weighted by Gasteiger charge is 2.20. The first kappa shape index (κ1) is 15.5. The van der Waals surface area contributed by atoms with E-state index in [1.54, 1.807) is 6.07 Å². The summed E-state index contributed by atoms with van der Waals surface area (Å²) >= 11 is 0. The van der Waals surface area contributed by atoms with Crippen molar-refractivity contribution in [2.24, 2.45) is 5.73 Å². The summed E-state index contributed by atoms with van der Waals surface area (Å²) in [4.78, 5) is 2.27. The fraction of sp³-hybridized carbons (Fsp3) is 0.333. The quantitative estimate of drug-likeness (QED) is 0.901. The highest BCUT2D eigenvalue weighted by molar-refractivity contribution is 5.51. The van der Waals surface area contributed by atoms with Crippen molar-refractivity contribution in [3.05, 3.63) is 65.0 Å². The second-order valence-electron chi connectivity index (χ2n) is 5.38. The third kappa shape index (κ3) is 3.42. The minimum atomic E-state index is -0.203. The van der Waals surface area contributed by atoms with Gasteiger partial charge in [0.05, 0.1) is 6.04 Å². The van der Waals surface area contributed by atoms with Gasteiger partial charge < -0.3 is 10.6 Å². The molecule has 2 nitrogen and oxygen atoms in total. The van der Waals surface area contributed by atoms with E-state index in [1.165, 1.54) is 11.6 Å². The Bertz CT molecular complexity index is 610. The number of nitrogens with zero attached hydrogens (tertiary/aromatic N) is 1. The van der Waals surface area contributed by atoms with Crippen LogP contribution in [0.15, 0.2) is 42.5 Å². The second-order valence-corrected chi connectivity index (χ2v) is 5.38.